The molecule has 0 atom stereocenters. The summed E-state index contributed by atoms with van der Waals surface area (Å²) in [5.74, 6) is 0.153. The molecule has 1 amide bonds. The fourth-order valence-corrected chi connectivity index (χ4v) is 1.61. The molecule has 1 radical (unpaired) electrons. The molecule has 1 N–H and O–H groups in total. The Morgan fingerprint density at radius 3 is 2.08 bits per heavy atom. The third kappa shape index (κ3) is 8.23. The van der Waals surface area contributed by atoms with Gasteiger partial charge < -0.3 is 10.5 Å². The van der Waals surface area contributed by atoms with Gasteiger partial charge in [-0.05, 0) is 24.2 Å². The molecule has 0 aromatic rings. The predicted molar refractivity (Wildman–Crippen MR) is 47.2 cm³/mol. The molecule has 0 aromatic heterocycles. The van der Waals surface area contributed by atoms with Crippen molar-refractivity contribution >= 4 is 5.91 Å². The van der Waals surface area contributed by atoms with E-state index in [0.717, 1.165) is 6.42 Å². The van der Waals surface area contributed by atoms with E-state index in [0.29, 0.717) is 12.3 Å². The Balaban J connectivity index is 0. The van der Waals surface area contributed by atoms with Crippen LogP contribution >= 0.6 is 0 Å². The number of hydrogen-bond acceptors (Lipinski definition) is 1. The van der Waals surface area contributed by atoms with Crippen molar-refractivity contribution in [1.82, 2.24) is 0 Å². The smallest absolute Gasteiger partial charge is 0.0493 e. The van der Waals surface area contributed by atoms with Crippen LogP contribution < -0.4 is 0 Å². The zero-order valence-electron chi connectivity index (χ0n) is 8.28. The van der Waals surface area contributed by atoms with Crippen molar-refractivity contribution in [3.8, 4) is 0 Å². The van der Waals surface area contributed by atoms with Gasteiger partial charge in [0, 0.05) is 26.3 Å². The van der Waals surface area contributed by atoms with Crippen LogP contribution in [-0.2, 0) is 25.2 Å². The molecular weight excluding hydrogens is 324 g/mol. The van der Waals surface area contributed by atoms with Crippen LogP contribution in [0.4, 0.5) is 0 Å². The van der Waals surface area contributed by atoms with Gasteiger partial charge in [-0.3, -0.25) is 0 Å². The molecule has 0 saturated carbocycles. The van der Waals surface area contributed by atoms with Crippen LogP contribution in [-0.4, -0.2) is 5.91 Å². The molecule has 0 fully saturated rings. The van der Waals surface area contributed by atoms with Gasteiger partial charge in [0.25, 0.3) is 0 Å². The van der Waals surface area contributed by atoms with E-state index in [2.05, 4.69) is 13.8 Å². The van der Waals surface area contributed by atoms with Gasteiger partial charge in [0.1, 0.15) is 0 Å². The molecule has 73 valence electrons. The van der Waals surface area contributed by atoms with E-state index in [-0.39, 0.29) is 25.8 Å². The SMILES string of the molecule is CC(C)CC(C)(C)CC([NH-])=O.[Re]. The molecule has 0 unspecified atom stereocenters. The second-order valence-electron chi connectivity index (χ2n) is 4.36. The second-order valence-corrected chi connectivity index (χ2v) is 4.36. The molecule has 0 aromatic carbocycles. The molecule has 0 saturated heterocycles. The Labute approximate surface area is 88.9 Å². The first-order chi connectivity index (χ1) is 4.83. The van der Waals surface area contributed by atoms with Crippen LogP contribution in [0, 0.1) is 11.3 Å². The minimum atomic E-state index is -0.448. The number of hydrogen-bond donors (Lipinski definition) is 0. The maximum absolute atomic E-state index is 10.5. The van der Waals surface area contributed by atoms with Crippen LogP contribution in [0.3, 0.4) is 0 Å². The normalized spacial score (nSPS) is 11.1. The number of amides is 1. The molecule has 0 aliphatic heterocycles. The summed E-state index contributed by atoms with van der Waals surface area (Å²) in [6, 6.07) is 0. The van der Waals surface area contributed by atoms with Crippen LogP contribution in [0.2, 0.25) is 0 Å². The molecule has 0 rings (SSSR count). The molecule has 2 nitrogen and oxygen atoms in total. The summed E-state index contributed by atoms with van der Waals surface area (Å²) in [6.07, 6.45) is 1.39. The fourth-order valence-electron chi connectivity index (χ4n) is 1.61. The van der Waals surface area contributed by atoms with Crippen molar-refractivity contribution in [3.63, 3.8) is 0 Å². The second kappa shape index (κ2) is 5.72. The van der Waals surface area contributed by atoms with E-state index in [1.54, 1.807) is 0 Å². The molecule has 0 heterocycles. The van der Waals surface area contributed by atoms with Crippen LogP contribution in [0.5, 0.6) is 0 Å². The molecule has 12 heavy (non-hydrogen) atoms. The third-order valence-corrected chi connectivity index (χ3v) is 1.60. The number of carbonyl (C=O) groups excluding carboxylic acids is 1. The van der Waals surface area contributed by atoms with Gasteiger partial charge in [0.15, 0.2) is 0 Å². The van der Waals surface area contributed by atoms with Crippen molar-refractivity contribution in [2.24, 2.45) is 11.3 Å². The number of rotatable bonds is 4. The van der Waals surface area contributed by atoms with Crippen molar-refractivity contribution in [2.45, 2.75) is 40.5 Å². The topological polar surface area (TPSA) is 40.9 Å². The molecular formula is C9H18NORe-. The van der Waals surface area contributed by atoms with E-state index in [1.807, 2.05) is 13.8 Å². The molecule has 0 aliphatic rings. The van der Waals surface area contributed by atoms with Crippen LogP contribution in [0.1, 0.15) is 40.5 Å². The number of carbonyl (C=O) groups is 1. The summed E-state index contributed by atoms with van der Waals surface area (Å²) in [7, 11) is 0. The summed E-state index contributed by atoms with van der Waals surface area (Å²) in [5, 5.41) is 0. The standard InChI is InChI=1S/C9H19NO.Re/c1-7(2)5-9(3,4)6-8(10)11;/h7H,5-6H2,1-4H3,(H2,10,11);/p-1. The van der Waals surface area contributed by atoms with E-state index in [9.17, 15) is 4.79 Å². The monoisotopic (exact) mass is 343 g/mol. The Morgan fingerprint density at radius 2 is 1.83 bits per heavy atom. The summed E-state index contributed by atoms with van der Waals surface area (Å²) in [5.41, 5.74) is 6.85. The summed E-state index contributed by atoms with van der Waals surface area (Å²) in [6.45, 7) is 8.35. The van der Waals surface area contributed by atoms with Crippen molar-refractivity contribution in [2.75, 3.05) is 0 Å². The maximum atomic E-state index is 10.5. The molecule has 0 aliphatic carbocycles. The van der Waals surface area contributed by atoms with Gasteiger partial charge in [-0.15, -0.1) is 0 Å². The van der Waals surface area contributed by atoms with Crippen molar-refractivity contribution in [3.05, 3.63) is 5.73 Å². The van der Waals surface area contributed by atoms with Crippen LogP contribution in [0.25, 0.3) is 5.73 Å². The van der Waals surface area contributed by atoms with Gasteiger partial charge in [0.2, 0.25) is 0 Å². The molecule has 3 heteroatoms. The molecule has 0 spiro atoms. The quantitative estimate of drug-likeness (QED) is 0.774. The zero-order valence-corrected chi connectivity index (χ0v) is 11.0. The van der Waals surface area contributed by atoms with Gasteiger partial charge in [-0.25, -0.2) is 0 Å². The summed E-state index contributed by atoms with van der Waals surface area (Å²) < 4.78 is 0. The van der Waals surface area contributed by atoms with E-state index >= 15 is 0 Å². The number of nitrogens with one attached hydrogen (secondary N) is 1. The Hall–Kier alpha value is 0.132. The first kappa shape index (κ1) is 14.6. The van der Waals surface area contributed by atoms with Crippen molar-refractivity contribution in [1.29, 1.82) is 0 Å². The predicted octanol–water partition coefficient (Wildman–Crippen LogP) is 3.03. The van der Waals surface area contributed by atoms with Gasteiger partial charge in [-0.2, -0.15) is 0 Å². The third-order valence-electron chi connectivity index (χ3n) is 1.60. The first-order valence-corrected chi connectivity index (χ1v) is 4.08. The zero-order chi connectivity index (χ0) is 9.07. The van der Waals surface area contributed by atoms with Crippen molar-refractivity contribution < 1.29 is 25.2 Å². The van der Waals surface area contributed by atoms with Gasteiger partial charge in [-0.1, -0.05) is 27.7 Å². The Kier molecular flexibility index (Phi) is 6.98. The van der Waals surface area contributed by atoms with E-state index in [1.165, 1.54) is 0 Å². The average molecular weight is 342 g/mol. The summed E-state index contributed by atoms with van der Waals surface area (Å²) in [4.78, 5) is 10.5. The van der Waals surface area contributed by atoms with E-state index < -0.39 is 5.91 Å². The van der Waals surface area contributed by atoms with Crippen LogP contribution in [0.15, 0.2) is 0 Å². The van der Waals surface area contributed by atoms with Gasteiger partial charge >= 0.3 is 0 Å². The Morgan fingerprint density at radius 1 is 1.42 bits per heavy atom. The minimum Gasteiger partial charge on any atom is -0.668 e. The van der Waals surface area contributed by atoms with Gasteiger partial charge in [0.05, 0.1) is 0 Å². The largest absolute Gasteiger partial charge is 0.668 e. The average Bonchev–Trinajstić information content (AvgIpc) is 1.53. The minimum absolute atomic E-state index is 0. The summed E-state index contributed by atoms with van der Waals surface area (Å²) >= 11 is 0. The molecule has 0 bridgehead atoms. The maximum Gasteiger partial charge on any atom is 0.0493 e. The first-order valence-electron chi connectivity index (χ1n) is 4.08. The Bertz CT molecular complexity index is 143. The van der Waals surface area contributed by atoms with E-state index in [4.69, 9.17) is 5.73 Å². The fraction of sp³-hybridized carbons (Fsp3) is 0.889.